The molecule has 0 radical (unpaired) electrons. The van der Waals surface area contributed by atoms with Crippen LogP contribution in [-0.4, -0.2) is 24.4 Å². The average molecular weight is 279 g/mol. The second-order valence-corrected chi connectivity index (χ2v) is 3.49. The van der Waals surface area contributed by atoms with E-state index in [1.165, 1.54) is 6.07 Å². The molecule has 0 aliphatic carbocycles. The number of hydrogen-bond donors (Lipinski definition) is 2. The molecule has 19 heavy (non-hydrogen) atoms. The summed E-state index contributed by atoms with van der Waals surface area (Å²) in [6.45, 7) is -0.0319. The smallest absolute Gasteiger partial charge is 0.469 e. The number of anilines is 1. The van der Waals surface area contributed by atoms with Crippen LogP contribution in [0.2, 0.25) is 0 Å². The molecule has 106 valence electrons. The van der Waals surface area contributed by atoms with Crippen molar-refractivity contribution >= 4 is 11.7 Å². The van der Waals surface area contributed by atoms with E-state index in [1.807, 2.05) is 0 Å². The third-order valence-corrected chi connectivity index (χ3v) is 2.16. The van der Waals surface area contributed by atoms with Crippen LogP contribution in [0.3, 0.4) is 0 Å². The molecule has 0 spiro atoms. The quantitative estimate of drug-likeness (QED) is 0.788. The number of nitrogens with two attached hydrogens (primary N) is 2. The predicted octanol–water partition coefficient (Wildman–Crippen LogP) is 0.737. The van der Waals surface area contributed by atoms with Gasteiger partial charge in [0.1, 0.15) is 0 Å². The molecule has 0 unspecified atom stereocenters. The van der Waals surface area contributed by atoms with Gasteiger partial charge in [-0.15, -0.1) is 13.2 Å². The van der Waals surface area contributed by atoms with Crippen molar-refractivity contribution in [3.05, 3.63) is 17.3 Å². The van der Waals surface area contributed by atoms with Crippen LogP contribution >= 0.6 is 0 Å². The maximum atomic E-state index is 12.1. The summed E-state index contributed by atoms with van der Waals surface area (Å²) in [5.41, 5.74) is 10.8. The molecule has 1 rings (SSSR count). The first-order chi connectivity index (χ1) is 8.76. The Hall–Kier alpha value is -2.03. The van der Waals surface area contributed by atoms with Gasteiger partial charge in [0.25, 0.3) is 0 Å². The van der Waals surface area contributed by atoms with Gasteiger partial charge in [0.2, 0.25) is 5.88 Å². The van der Waals surface area contributed by atoms with Gasteiger partial charge in [-0.3, -0.25) is 4.79 Å². The number of halogens is 3. The summed E-state index contributed by atoms with van der Waals surface area (Å²) in [6.07, 6.45) is -5.24. The highest BCUT2D eigenvalue weighted by Crippen LogP contribution is 2.28. The van der Waals surface area contributed by atoms with Crippen LogP contribution in [0.15, 0.2) is 6.07 Å². The number of methoxy groups -OCH3 is 1. The van der Waals surface area contributed by atoms with Crippen LogP contribution in [0.4, 0.5) is 18.9 Å². The molecule has 0 aliphatic heterocycles. The predicted molar refractivity (Wildman–Crippen MR) is 58.9 cm³/mol. The van der Waals surface area contributed by atoms with Gasteiger partial charge in [0, 0.05) is 6.54 Å². The van der Waals surface area contributed by atoms with Crippen molar-refractivity contribution in [2.24, 2.45) is 5.73 Å². The SMILES string of the molecule is COC(=O)Cc1nc(OC(F)(F)F)c(N)cc1CN. The van der Waals surface area contributed by atoms with E-state index in [-0.39, 0.29) is 24.3 Å². The molecule has 1 aromatic rings. The van der Waals surface area contributed by atoms with Crippen LogP contribution in [0.25, 0.3) is 0 Å². The standard InChI is InChI=1S/C10H12F3N3O3/c1-18-8(17)3-7-5(4-14)2-6(15)9(16-7)19-10(11,12)13/h2H,3-4,14-15H2,1H3. The zero-order valence-electron chi connectivity index (χ0n) is 9.95. The molecule has 0 bridgehead atoms. The number of pyridine rings is 1. The molecule has 0 amide bonds. The van der Waals surface area contributed by atoms with Crippen molar-refractivity contribution < 1.29 is 27.4 Å². The molecular weight excluding hydrogens is 267 g/mol. The Morgan fingerprint density at radius 2 is 2.11 bits per heavy atom. The van der Waals surface area contributed by atoms with Crippen LogP contribution in [0, 0.1) is 0 Å². The minimum absolute atomic E-state index is 0.0304. The van der Waals surface area contributed by atoms with E-state index in [9.17, 15) is 18.0 Å². The zero-order chi connectivity index (χ0) is 14.6. The molecule has 0 saturated carbocycles. The zero-order valence-corrected chi connectivity index (χ0v) is 9.95. The largest absolute Gasteiger partial charge is 0.574 e. The lowest BCUT2D eigenvalue weighted by Gasteiger charge is -2.13. The molecule has 0 saturated heterocycles. The van der Waals surface area contributed by atoms with Gasteiger partial charge in [0.05, 0.1) is 24.9 Å². The summed E-state index contributed by atoms with van der Waals surface area (Å²) >= 11 is 0. The number of ether oxygens (including phenoxy) is 2. The molecule has 1 aromatic heterocycles. The van der Waals surface area contributed by atoms with Gasteiger partial charge < -0.3 is 20.9 Å². The topological polar surface area (TPSA) is 100 Å². The summed E-state index contributed by atoms with van der Waals surface area (Å²) in [7, 11) is 1.15. The molecule has 4 N–H and O–H groups in total. The number of esters is 1. The lowest BCUT2D eigenvalue weighted by Crippen LogP contribution is -2.20. The minimum atomic E-state index is -4.92. The lowest BCUT2D eigenvalue weighted by atomic mass is 10.1. The summed E-state index contributed by atoms with van der Waals surface area (Å²) in [6, 6.07) is 1.19. The Morgan fingerprint density at radius 3 is 2.58 bits per heavy atom. The van der Waals surface area contributed by atoms with Gasteiger partial charge in [-0.25, -0.2) is 4.98 Å². The highest BCUT2D eigenvalue weighted by Gasteiger charge is 2.33. The lowest BCUT2D eigenvalue weighted by molar-refractivity contribution is -0.275. The van der Waals surface area contributed by atoms with Crippen molar-refractivity contribution in [2.45, 2.75) is 19.3 Å². The fourth-order valence-corrected chi connectivity index (χ4v) is 1.32. The second kappa shape index (κ2) is 5.74. The number of hydrogen-bond acceptors (Lipinski definition) is 6. The molecule has 0 fully saturated rings. The number of carbonyl (C=O) groups excluding carboxylic acids is 1. The number of rotatable bonds is 4. The van der Waals surface area contributed by atoms with Gasteiger partial charge in [0.15, 0.2) is 0 Å². The summed E-state index contributed by atoms with van der Waals surface area (Å²) in [5, 5.41) is 0. The van der Waals surface area contributed by atoms with Crippen molar-refractivity contribution in [1.82, 2.24) is 4.98 Å². The summed E-state index contributed by atoms with van der Waals surface area (Å²) in [5.74, 6) is -1.48. The van der Waals surface area contributed by atoms with Crippen molar-refractivity contribution in [3.8, 4) is 5.88 Å². The minimum Gasteiger partial charge on any atom is -0.469 e. The first kappa shape index (κ1) is 15.0. The molecule has 6 nitrogen and oxygen atoms in total. The van der Waals surface area contributed by atoms with Crippen LogP contribution in [0.1, 0.15) is 11.3 Å². The van der Waals surface area contributed by atoms with Gasteiger partial charge in [-0.2, -0.15) is 0 Å². The fourth-order valence-electron chi connectivity index (χ4n) is 1.32. The Balaban J connectivity index is 3.14. The van der Waals surface area contributed by atoms with E-state index in [0.717, 1.165) is 7.11 Å². The third kappa shape index (κ3) is 4.28. The Labute approximate surface area is 106 Å². The second-order valence-electron chi connectivity index (χ2n) is 3.49. The molecule has 0 aromatic carbocycles. The maximum absolute atomic E-state index is 12.1. The van der Waals surface area contributed by atoms with E-state index in [1.54, 1.807) is 0 Å². The average Bonchev–Trinajstić information content (AvgIpc) is 2.31. The number of nitrogens with zero attached hydrogens (tertiary/aromatic N) is 1. The fraction of sp³-hybridized carbons (Fsp3) is 0.400. The van der Waals surface area contributed by atoms with E-state index in [0.29, 0.717) is 5.56 Å². The van der Waals surface area contributed by atoms with Crippen molar-refractivity contribution in [2.75, 3.05) is 12.8 Å². The van der Waals surface area contributed by atoms with E-state index >= 15 is 0 Å². The number of carbonyl (C=O) groups is 1. The molecule has 0 atom stereocenters. The Kier molecular flexibility index (Phi) is 4.54. The van der Waals surface area contributed by atoms with E-state index in [2.05, 4.69) is 14.5 Å². The first-order valence-corrected chi connectivity index (χ1v) is 5.07. The highest BCUT2D eigenvalue weighted by atomic mass is 19.4. The normalized spacial score (nSPS) is 11.2. The maximum Gasteiger partial charge on any atom is 0.574 e. The molecular formula is C10H12F3N3O3. The number of alkyl halides is 3. The van der Waals surface area contributed by atoms with Gasteiger partial charge >= 0.3 is 12.3 Å². The van der Waals surface area contributed by atoms with Crippen LogP contribution in [0.5, 0.6) is 5.88 Å². The van der Waals surface area contributed by atoms with Gasteiger partial charge in [-0.1, -0.05) is 0 Å². The Bertz CT molecular complexity index is 477. The van der Waals surface area contributed by atoms with Crippen LogP contribution < -0.4 is 16.2 Å². The molecule has 1 heterocycles. The summed E-state index contributed by atoms with van der Waals surface area (Å²) < 4.78 is 44.5. The van der Waals surface area contributed by atoms with Gasteiger partial charge in [-0.05, 0) is 11.6 Å². The number of aromatic nitrogens is 1. The van der Waals surface area contributed by atoms with E-state index in [4.69, 9.17) is 11.5 Å². The number of nitrogen functional groups attached to an aromatic ring is 1. The van der Waals surface area contributed by atoms with Crippen molar-refractivity contribution in [1.29, 1.82) is 0 Å². The molecule has 9 heteroatoms. The van der Waals surface area contributed by atoms with E-state index < -0.39 is 18.2 Å². The monoisotopic (exact) mass is 279 g/mol. The molecule has 0 aliphatic rings. The highest BCUT2D eigenvalue weighted by molar-refractivity contribution is 5.72. The summed E-state index contributed by atoms with van der Waals surface area (Å²) in [4.78, 5) is 14.7. The third-order valence-electron chi connectivity index (χ3n) is 2.16. The Morgan fingerprint density at radius 1 is 1.47 bits per heavy atom. The van der Waals surface area contributed by atoms with Crippen molar-refractivity contribution in [3.63, 3.8) is 0 Å². The van der Waals surface area contributed by atoms with Crippen LogP contribution in [-0.2, 0) is 22.5 Å². The first-order valence-electron chi connectivity index (χ1n) is 5.07.